The van der Waals surface area contributed by atoms with Gasteiger partial charge < -0.3 is 9.73 Å². The summed E-state index contributed by atoms with van der Waals surface area (Å²) >= 11 is 0.470. The van der Waals surface area contributed by atoms with Gasteiger partial charge in [-0.2, -0.15) is 8.78 Å². The Morgan fingerprint density at radius 3 is 2.59 bits per heavy atom. The Kier molecular flexibility index (Phi) is 5.97. The molecule has 2 aromatic rings. The number of amides is 1. The van der Waals surface area contributed by atoms with Gasteiger partial charge in [0.05, 0.1) is 18.8 Å². The first-order chi connectivity index (χ1) is 10.5. The number of alkyl halides is 2. The number of furan rings is 1. The molecule has 0 saturated carbocycles. The lowest BCUT2D eigenvalue weighted by atomic mass is 10.2. The molecule has 118 valence electrons. The quantitative estimate of drug-likeness (QED) is 0.758. The highest BCUT2D eigenvalue weighted by atomic mass is 32.2. The van der Waals surface area contributed by atoms with Crippen LogP contribution >= 0.6 is 11.8 Å². The van der Waals surface area contributed by atoms with E-state index in [2.05, 4.69) is 10.6 Å². The number of carbonyl (C=O) groups excluding carboxylic acids is 1. The second-order valence-corrected chi connectivity index (χ2v) is 5.63. The lowest BCUT2D eigenvalue weighted by Gasteiger charge is -2.11. The summed E-state index contributed by atoms with van der Waals surface area (Å²) in [4.78, 5) is 12.3. The topological polar surface area (TPSA) is 54.3 Å². The zero-order valence-electron chi connectivity index (χ0n) is 11.9. The zero-order valence-corrected chi connectivity index (χ0v) is 12.7. The standard InChI is InChI=1S/C15H16F2N2O2S/c1-10(13-3-2-8-21-13)18-9-14(20)19-11-4-6-12(7-5-11)22-15(16)17/h2-8,10,15,18H,9H2,1H3,(H,19,20)/t10-/m1/s1. The number of nitrogens with one attached hydrogen (secondary N) is 2. The van der Waals surface area contributed by atoms with E-state index in [0.29, 0.717) is 22.3 Å². The Hall–Kier alpha value is -1.86. The van der Waals surface area contributed by atoms with Gasteiger partial charge in [0.2, 0.25) is 5.91 Å². The van der Waals surface area contributed by atoms with Gasteiger partial charge in [0.1, 0.15) is 5.76 Å². The second-order valence-electron chi connectivity index (χ2n) is 4.57. The van der Waals surface area contributed by atoms with Gasteiger partial charge >= 0.3 is 0 Å². The van der Waals surface area contributed by atoms with Crippen LogP contribution in [-0.2, 0) is 4.79 Å². The summed E-state index contributed by atoms with van der Waals surface area (Å²) in [5.41, 5.74) is 0.566. The molecule has 1 atom stereocenters. The fourth-order valence-electron chi connectivity index (χ4n) is 1.81. The molecule has 0 radical (unpaired) electrons. The van der Waals surface area contributed by atoms with Gasteiger partial charge in [-0.3, -0.25) is 10.1 Å². The molecule has 1 aromatic heterocycles. The summed E-state index contributed by atoms with van der Waals surface area (Å²) in [6, 6.07) is 9.82. The molecule has 0 unspecified atom stereocenters. The van der Waals surface area contributed by atoms with E-state index >= 15 is 0 Å². The van der Waals surface area contributed by atoms with Gasteiger partial charge in [0, 0.05) is 10.6 Å². The normalized spacial score (nSPS) is 12.4. The van der Waals surface area contributed by atoms with Crippen LogP contribution in [0.5, 0.6) is 0 Å². The van der Waals surface area contributed by atoms with Crippen molar-refractivity contribution < 1.29 is 18.0 Å². The third kappa shape index (κ3) is 5.16. The van der Waals surface area contributed by atoms with Crippen LogP contribution < -0.4 is 10.6 Å². The van der Waals surface area contributed by atoms with Crippen molar-refractivity contribution in [1.29, 1.82) is 0 Å². The third-order valence-electron chi connectivity index (χ3n) is 2.90. The monoisotopic (exact) mass is 326 g/mol. The molecule has 1 heterocycles. The summed E-state index contributed by atoms with van der Waals surface area (Å²) in [6.45, 7) is 2.01. The molecule has 2 rings (SSSR count). The van der Waals surface area contributed by atoms with Crippen LogP contribution in [0.2, 0.25) is 0 Å². The molecule has 7 heteroatoms. The Morgan fingerprint density at radius 1 is 1.27 bits per heavy atom. The molecule has 4 nitrogen and oxygen atoms in total. The maximum Gasteiger partial charge on any atom is 0.288 e. The van der Waals surface area contributed by atoms with Crippen molar-refractivity contribution in [3.63, 3.8) is 0 Å². The number of benzene rings is 1. The molecule has 1 aromatic carbocycles. The first kappa shape index (κ1) is 16.5. The lowest BCUT2D eigenvalue weighted by Crippen LogP contribution is -2.29. The second kappa shape index (κ2) is 7.95. The minimum Gasteiger partial charge on any atom is -0.468 e. The molecule has 0 bridgehead atoms. The maximum atomic E-state index is 12.2. The van der Waals surface area contributed by atoms with Crippen LogP contribution in [0.15, 0.2) is 52.0 Å². The first-order valence-corrected chi connectivity index (χ1v) is 7.54. The van der Waals surface area contributed by atoms with Crippen molar-refractivity contribution in [1.82, 2.24) is 5.32 Å². The predicted molar refractivity (Wildman–Crippen MR) is 82.1 cm³/mol. The number of carbonyl (C=O) groups is 1. The fraction of sp³-hybridized carbons (Fsp3) is 0.267. The van der Waals surface area contributed by atoms with Crippen LogP contribution in [0.1, 0.15) is 18.7 Å². The smallest absolute Gasteiger partial charge is 0.288 e. The number of hydrogen-bond acceptors (Lipinski definition) is 4. The highest BCUT2D eigenvalue weighted by molar-refractivity contribution is 7.99. The summed E-state index contributed by atoms with van der Waals surface area (Å²) in [6.07, 6.45) is 1.58. The number of halogens is 2. The maximum absolute atomic E-state index is 12.2. The van der Waals surface area contributed by atoms with Crippen LogP contribution in [-0.4, -0.2) is 18.2 Å². The summed E-state index contributed by atoms with van der Waals surface area (Å²) in [7, 11) is 0. The molecular weight excluding hydrogens is 310 g/mol. The van der Waals surface area contributed by atoms with Crippen LogP contribution in [0, 0.1) is 0 Å². The predicted octanol–water partition coefficient (Wildman–Crippen LogP) is 3.88. The van der Waals surface area contributed by atoms with Crippen LogP contribution in [0.25, 0.3) is 0 Å². The number of rotatable bonds is 7. The van der Waals surface area contributed by atoms with Crippen molar-refractivity contribution in [3.05, 3.63) is 48.4 Å². The van der Waals surface area contributed by atoms with E-state index in [0.717, 1.165) is 5.76 Å². The molecule has 2 N–H and O–H groups in total. The highest BCUT2D eigenvalue weighted by Gasteiger charge is 2.10. The van der Waals surface area contributed by atoms with Crippen LogP contribution in [0.4, 0.5) is 14.5 Å². The summed E-state index contributed by atoms with van der Waals surface area (Å²) < 4.78 is 29.6. The molecule has 1 amide bonds. The van der Waals surface area contributed by atoms with E-state index in [4.69, 9.17) is 4.42 Å². The van der Waals surface area contributed by atoms with E-state index in [1.54, 1.807) is 36.6 Å². The molecule has 0 aliphatic heterocycles. The van der Waals surface area contributed by atoms with Crippen molar-refractivity contribution in [3.8, 4) is 0 Å². The fourth-order valence-corrected chi connectivity index (χ4v) is 2.31. The summed E-state index contributed by atoms with van der Waals surface area (Å²) in [5, 5.41) is 5.73. The minimum absolute atomic E-state index is 0.0782. The average molecular weight is 326 g/mol. The molecule has 0 saturated heterocycles. The minimum atomic E-state index is -2.45. The van der Waals surface area contributed by atoms with Gasteiger partial charge in [0.15, 0.2) is 0 Å². The molecule has 0 aliphatic carbocycles. The largest absolute Gasteiger partial charge is 0.468 e. The van der Waals surface area contributed by atoms with E-state index in [-0.39, 0.29) is 18.5 Å². The Balaban J connectivity index is 1.79. The van der Waals surface area contributed by atoms with Gasteiger partial charge in [-0.25, -0.2) is 0 Å². The number of thioether (sulfide) groups is 1. The van der Waals surface area contributed by atoms with Crippen molar-refractivity contribution in [2.75, 3.05) is 11.9 Å². The third-order valence-corrected chi connectivity index (χ3v) is 3.62. The van der Waals surface area contributed by atoms with Gasteiger partial charge in [-0.05, 0) is 43.3 Å². The van der Waals surface area contributed by atoms with E-state index in [1.165, 1.54) is 0 Å². The summed E-state index contributed by atoms with van der Waals surface area (Å²) in [5.74, 6) is -1.92. The molecule has 0 fully saturated rings. The van der Waals surface area contributed by atoms with Crippen molar-refractivity contribution in [2.24, 2.45) is 0 Å². The Labute approximate surface area is 131 Å². The molecule has 0 spiro atoms. The van der Waals surface area contributed by atoms with Gasteiger partial charge in [0.25, 0.3) is 5.76 Å². The average Bonchev–Trinajstić information content (AvgIpc) is 3.00. The highest BCUT2D eigenvalue weighted by Crippen LogP contribution is 2.26. The Bertz CT molecular complexity index is 588. The molecule has 0 aliphatic rings. The Morgan fingerprint density at radius 2 is 2.00 bits per heavy atom. The molecular formula is C15H16F2N2O2S. The van der Waals surface area contributed by atoms with Crippen LogP contribution in [0.3, 0.4) is 0 Å². The number of anilines is 1. The van der Waals surface area contributed by atoms with Crippen molar-refractivity contribution >= 4 is 23.4 Å². The van der Waals surface area contributed by atoms with Crippen molar-refractivity contribution in [2.45, 2.75) is 23.6 Å². The zero-order chi connectivity index (χ0) is 15.9. The first-order valence-electron chi connectivity index (χ1n) is 6.66. The van der Waals surface area contributed by atoms with E-state index in [1.807, 2.05) is 13.0 Å². The van der Waals surface area contributed by atoms with Gasteiger partial charge in [-0.1, -0.05) is 11.8 Å². The molecule has 22 heavy (non-hydrogen) atoms. The SMILES string of the molecule is C[C@@H](NCC(=O)Nc1ccc(SC(F)F)cc1)c1ccco1. The van der Waals surface area contributed by atoms with E-state index in [9.17, 15) is 13.6 Å². The van der Waals surface area contributed by atoms with E-state index < -0.39 is 5.76 Å². The number of hydrogen-bond donors (Lipinski definition) is 2. The van der Waals surface area contributed by atoms with Gasteiger partial charge in [-0.15, -0.1) is 0 Å². The lowest BCUT2D eigenvalue weighted by molar-refractivity contribution is -0.115.